The number of rotatable bonds is 5. The average molecular weight is 346 g/mol. The lowest BCUT2D eigenvalue weighted by molar-refractivity contribution is 0.299. The van der Waals surface area contributed by atoms with Crippen LogP contribution in [0, 0.1) is 0 Å². The van der Waals surface area contributed by atoms with E-state index in [0.717, 1.165) is 5.56 Å². The van der Waals surface area contributed by atoms with E-state index in [4.69, 9.17) is 28.3 Å². The van der Waals surface area contributed by atoms with Crippen molar-refractivity contribution in [2.75, 3.05) is 11.3 Å². The first kappa shape index (κ1) is 16.1. The fourth-order valence-corrected chi connectivity index (χ4v) is 3.36. The summed E-state index contributed by atoms with van der Waals surface area (Å²) < 4.78 is 26.9. The van der Waals surface area contributed by atoms with Crippen molar-refractivity contribution >= 4 is 38.9 Å². The van der Waals surface area contributed by atoms with Gasteiger partial charge in [-0.05, 0) is 42.3 Å². The molecule has 0 radical (unpaired) electrons. The molecule has 0 unspecified atom stereocenters. The molecule has 2 rings (SSSR count). The standard InChI is InChI=1S/C14H13Cl2NO3S/c15-11-7-12(16)9-13(8-11)17-21(19,20)14-3-1-10(2-4-14)5-6-18/h1-4,7-9,17-18H,5-6H2. The topological polar surface area (TPSA) is 66.4 Å². The number of halogens is 2. The third-order valence-electron chi connectivity index (χ3n) is 2.75. The van der Waals surface area contributed by atoms with Gasteiger partial charge < -0.3 is 5.11 Å². The van der Waals surface area contributed by atoms with Crippen LogP contribution >= 0.6 is 23.2 Å². The van der Waals surface area contributed by atoms with Crippen molar-refractivity contribution in [1.29, 1.82) is 0 Å². The van der Waals surface area contributed by atoms with Crippen molar-refractivity contribution in [2.24, 2.45) is 0 Å². The molecule has 0 bridgehead atoms. The van der Waals surface area contributed by atoms with Gasteiger partial charge in [0.15, 0.2) is 0 Å². The van der Waals surface area contributed by atoms with E-state index in [1.54, 1.807) is 12.1 Å². The maximum atomic E-state index is 12.2. The highest BCUT2D eigenvalue weighted by Gasteiger charge is 2.14. The van der Waals surface area contributed by atoms with Crippen molar-refractivity contribution in [3.05, 3.63) is 58.1 Å². The number of hydrogen-bond acceptors (Lipinski definition) is 3. The molecule has 0 aromatic heterocycles. The van der Waals surface area contributed by atoms with Gasteiger partial charge in [0.1, 0.15) is 0 Å². The van der Waals surface area contributed by atoms with E-state index >= 15 is 0 Å². The van der Waals surface area contributed by atoms with Crippen molar-refractivity contribution in [3.63, 3.8) is 0 Å². The largest absolute Gasteiger partial charge is 0.396 e. The second-order valence-corrected chi connectivity index (χ2v) is 6.94. The van der Waals surface area contributed by atoms with E-state index in [1.807, 2.05) is 0 Å². The van der Waals surface area contributed by atoms with Crippen LogP contribution < -0.4 is 4.72 Å². The van der Waals surface area contributed by atoms with Gasteiger partial charge in [0.05, 0.1) is 10.6 Å². The minimum absolute atomic E-state index is 0.0192. The molecular formula is C14H13Cl2NO3S. The number of hydrogen-bond donors (Lipinski definition) is 2. The maximum Gasteiger partial charge on any atom is 0.261 e. The van der Waals surface area contributed by atoms with E-state index in [9.17, 15) is 8.42 Å². The molecule has 0 aliphatic heterocycles. The Balaban J connectivity index is 2.25. The van der Waals surface area contributed by atoms with Gasteiger partial charge in [-0.1, -0.05) is 35.3 Å². The lowest BCUT2D eigenvalue weighted by Gasteiger charge is -2.09. The summed E-state index contributed by atoms with van der Waals surface area (Å²) >= 11 is 11.7. The molecule has 2 aromatic carbocycles. The van der Waals surface area contributed by atoms with Crippen molar-refractivity contribution in [3.8, 4) is 0 Å². The average Bonchev–Trinajstić information content (AvgIpc) is 2.38. The van der Waals surface area contributed by atoms with Crippen LogP contribution in [0.1, 0.15) is 5.56 Å². The van der Waals surface area contributed by atoms with E-state index < -0.39 is 10.0 Å². The smallest absolute Gasteiger partial charge is 0.261 e. The van der Waals surface area contributed by atoms with Crippen LogP contribution in [0.2, 0.25) is 10.0 Å². The zero-order chi connectivity index (χ0) is 15.5. The highest BCUT2D eigenvalue weighted by molar-refractivity contribution is 7.92. The fraction of sp³-hybridized carbons (Fsp3) is 0.143. The van der Waals surface area contributed by atoms with Gasteiger partial charge >= 0.3 is 0 Å². The van der Waals surface area contributed by atoms with Crippen LogP contribution in [0.3, 0.4) is 0 Å². The van der Waals surface area contributed by atoms with Crippen LogP contribution in [-0.4, -0.2) is 20.1 Å². The van der Waals surface area contributed by atoms with Gasteiger partial charge in [0, 0.05) is 16.7 Å². The maximum absolute atomic E-state index is 12.2. The van der Waals surface area contributed by atoms with E-state index in [0.29, 0.717) is 22.2 Å². The number of nitrogens with one attached hydrogen (secondary N) is 1. The summed E-state index contributed by atoms with van der Waals surface area (Å²) in [6.07, 6.45) is 0.484. The Labute approximate surface area is 133 Å². The molecule has 0 spiro atoms. The van der Waals surface area contributed by atoms with Crippen LogP contribution in [0.4, 0.5) is 5.69 Å². The monoisotopic (exact) mass is 345 g/mol. The number of benzene rings is 2. The predicted molar refractivity (Wildman–Crippen MR) is 84.5 cm³/mol. The van der Waals surface area contributed by atoms with Gasteiger partial charge in [-0.3, -0.25) is 4.72 Å². The SMILES string of the molecule is O=S(=O)(Nc1cc(Cl)cc(Cl)c1)c1ccc(CCO)cc1. The first-order chi connectivity index (χ1) is 9.90. The second-order valence-electron chi connectivity index (χ2n) is 4.38. The Morgan fingerprint density at radius 2 is 1.57 bits per heavy atom. The normalized spacial score (nSPS) is 11.4. The lowest BCUT2D eigenvalue weighted by atomic mass is 10.2. The van der Waals surface area contributed by atoms with Gasteiger partial charge in [-0.25, -0.2) is 8.42 Å². The highest BCUT2D eigenvalue weighted by Crippen LogP contribution is 2.24. The molecule has 2 N–H and O–H groups in total. The lowest BCUT2D eigenvalue weighted by Crippen LogP contribution is -2.13. The third kappa shape index (κ3) is 4.35. The molecule has 0 amide bonds. The Morgan fingerprint density at radius 3 is 2.10 bits per heavy atom. The number of aliphatic hydroxyl groups excluding tert-OH is 1. The van der Waals surface area contributed by atoms with Crippen molar-refractivity contribution in [1.82, 2.24) is 0 Å². The summed E-state index contributed by atoms with van der Waals surface area (Å²) in [7, 11) is -3.71. The quantitative estimate of drug-likeness (QED) is 0.873. The van der Waals surface area contributed by atoms with Crippen LogP contribution in [-0.2, 0) is 16.4 Å². The van der Waals surface area contributed by atoms with Crippen LogP contribution in [0.25, 0.3) is 0 Å². The molecule has 0 atom stereocenters. The highest BCUT2D eigenvalue weighted by atomic mass is 35.5. The molecule has 2 aromatic rings. The fourth-order valence-electron chi connectivity index (χ4n) is 1.79. The Morgan fingerprint density at radius 1 is 1.00 bits per heavy atom. The first-order valence-corrected chi connectivity index (χ1v) is 8.33. The van der Waals surface area contributed by atoms with Crippen LogP contribution in [0.5, 0.6) is 0 Å². The van der Waals surface area contributed by atoms with E-state index in [1.165, 1.54) is 30.3 Å². The summed E-state index contributed by atoms with van der Waals surface area (Å²) in [6, 6.07) is 10.8. The molecule has 0 aliphatic carbocycles. The first-order valence-electron chi connectivity index (χ1n) is 6.09. The molecule has 7 heteroatoms. The summed E-state index contributed by atoms with van der Waals surface area (Å²) in [6.45, 7) is 0.0192. The predicted octanol–water partition coefficient (Wildman–Crippen LogP) is 3.33. The molecule has 4 nitrogen and oxygen atoms in total. The molecule has 0 heterocycles. The van der Waals surface area contributed by atoms with Gasteiger partial charge in [-0.2, -0.15) is 0 Å². The molecule has 0 saturated heterocycles. The number of anilines is 1. The van der Waals surface area contributed by atoms with Crippen molar-refractivity contribution in [2.45, 2.75) is 11.3 Å². The second kappa shape index (κ2) is 6.66. The summed E-state index contributed by atoms with van der Waals surface area (Å²) in [4.78, 5) is 0.125. The zero-order valence-electron chi connectivity index (χ0n) is 10.9. The van der Waals surface area contributed by atoms with Crippen molar-refractivity contribution < 1.29 is 13.5 Å². The minimum atomic E-state index is -3.71. The molecule has 0 aliphatic rings. The molecule has 21 heavy (non-hydrogen) atoms. The number of aliphatic hydroxyl groups is 1. The number of sulfonamides is 1. The summed E-state index contributed by atoms with van der Waals surface area (Å²) in [5.74, 6) is 0. The molecule has 0 fully saturated rings. The van der Waals surface area contributed by atoms with Gasteiger partial charge in [0.2, 0.25) is 0 Å². The Hall–Kier alpha value is -1.27. The zero-order valence-corrected chi connectivity index (χ0v) is 13.2. The Bertz CT molecular complexity index is 710. The molecule has 0 saturated carbocycles. The molecular weight excluding hydrogens is 333 g/mol. The molecule has 112 valence electrons. The Kier molecular flexibility index (Phi) is 5.11. The third-order valence-corrected chi connectivity index (χ3v) is 4.58. The van der Waals surface area contributed by atoms with E-state index in [2.05, 4.69) is 4.72 Å². The van der Waals surface area contributed by atoms with Gasteiger partial charge in [0.25, 0.3) is 10.0 Å². The summed E-state index contributed by atoms with van der Waals surface area (Å²) in [5.41, 5.74) is 1.16. The van der Waals surface area contributed by atoms with E-state index in [-0.39, 0.29) is 11.5 Å². The van der Waals surface area contributed by atoms with Gasteiger partial charge in [-0.15, -0.1) is 0 Å². The summed E-state index contributed by atoms with van der Waals surface area (Å²) in [5, 5.41) is 9.53. The van der Waals surface area contributed by atoms with Crippen LogP contribution in [0.15, 0.2) is 47.4 Å². The minimum Gasteiger partial charge on any atom is -0.396 e.